The minimum absolute atomic E-state index is 0.113. The van der Waals surface area contributed by atoms with Gasteiger partial charge in [0.2, 0.25) is 5.91 Å². The van der Waals surface area contributed by atoms with Crippen molar-refractivity contribution >= 4 is 11.6 Å². The normalized spacial score (nSPS) is 16.4. The van der Waals surface area contributed by atoms with Gasteiger partial charge in [-0.2, -0.15) is 0 Å². The van der Waals surface area contributed by atoms with Crippen molar-refractivity contribution in [1.82, 2.24) is 4.90 Å². The van der Waals surface area contributed by atoms with Crippen molar-refractivity contribution in [3.8, 4) is 5.75 Å². The molecule has 2 aromatic carbocycles. The molecule has 0 aliphatic carbocycles. The maximum absolute atomic E-state index is 12.1. The molecule has 1 amide bonds. The lowest BCUT2D eigenvalue weighted by atomic mass is 10.1. The summed E-state index contributed by atoms with van der Waals surface area (Å²) in [4.78, 5) is 14.0. The Bertz CT molecular complexity index is 644. The molecule has 1 aliphatic heterocycles. The van der Waals surface area contributed by atoms with Crippen LogP contribution in [0.25, 0.3) is 0 Å². The molecule has 0 aromatic heterocycles. The molecule has 2 aromatic rings. The Balaban J connectivity index is 0.000000269. The molecule has 0 radical (unpaired) electrons. The first kappa shape index (κ1) is 18.8. The van der Waals surface area contributed by atoms with Crippen LogP contribution in [0.4, 0.5) is 5.69 Å². The number of carbonyl (C=O) groups is 1. The van der Waals surface area contributed by atoms with E-state index in [4.69, 9.17) is 10.5 Å². The maximum Gasteiger partial charge on any atom is 0.226 e. The number of benzene rings is 2. The largest absolute Gasteiger partial charge is 0.508 e. The van der Waals surface area contributed by atoms with Crippen LogP contribution in [-0.2, 0) is 16.1 Å². The van der Waals surface area contributed by atoms with Crippen LogP contribution < -0.4 is 5.73 Å². The highest BCUT2D eigenvalue weighted by atomic mass is 16.5. The first-order valence-electron chi connectivity index (χ1n) is 8.46. The van der Waals surface area contributed by atoms with Crippen LogP contribution in [0.15, 0.2) is 54.6 Å². The summed E-state index contributed by atoms with van der Waals surface area (Å²) in [6, 6.07) is 16.5. The highest BCUT2D eigenvalue weighted by molar-refractivity contribution is 5.80. The number of phenols is 1. The number of anilines is 1. The molecule has 5 heteroatoms. The highest BCUT2D eigenvalue weighted by Crippen LogP contribution is 2.23. The Labute approximate surface area is 149 Å². The summed E-state index contributed by atoms with van der Waals surface area (Å²) in [6.45, 7) is 2.08. The van der Waals surface area contributed by atoms with Crippen LogP contribution >= 0.6 is 0 Å². The average Bonchev–Trinajstić information content (AvgIpc) is 2.96. The standard InChI is InChI=1S/C14H19NO3.C6H7N/c1-18-9-7-12-6-8-15(14(12)17)10-11-2-4-13(16)5-3-11;7-6-4-2-1-3-5-6/h2-5,12,16H,6-10H2,1H3;1-5H,7H2/t12-;/m1./s1. The van der Waals surface area contributed by atoms with Crippen LogP contribution in [0.3, 0.4) is 0 Å². The Morgan fingerprint density at radius 2 is 1.84 bits per heavy atom. The molecule has 0 spiro atoms. The summed E-state index contributed by atoms with van der Waals surface area (Å²) in [5.74, 6) is 0.589. The minimum atomic E-state index is 0.113. The van der Waals surface area contributed by atoms with Gasteiger partial charge in [0.25, 0.3) is 0 Å². The van der Waals surface area contributed by atoms with E-state index >= 15 is 0 Å². The van der Waals surface area contributed by atoms with E-state index in [9.17, 15) is 9.90 Å². The monoisotopic (exact) mass is 342 g/mol. The molecule has 0 unspecified atom stereocenters. The van der Waals surface area contributed by atoms with Crippen molar-refractivity contribution in [2.75, 3.05) is 26.0 Å². The number of nitrogens with two attached hydrogens (primary N) is 1. The number of amides is 1. The first-order valence-corrected chi connectivity index (χ1v) is 8.46. The van der Waals surface area contributed by atoms with Crippen LogP contribution in [0.1, 0.15) is 18.4 Å². The zero-order valence-electron chi connectivity index (χ0n) is 14.6. The fourth-order valence-corrected chi connectivity index (χ4v) is 2.76. The highest BCUT2D eigenvalue weighted by Gasteiger charge is 2.30. The zero-order valence-corrected chi connectivity index (χ0v) is 14.6. The minimum Gasteiger partial charge on any atom is -0.508 e. The molecular formula is C20H26N2O3. The predicted octanol–water partition coefficient (Wildman–Crippen LogP) is 3.05. The van der Waals surface area contributed by atoms with E-state index in [1.54, 1.807) is 19.2 Å². The number of likely N-dealkylation sites (tertiary alicyclic amines) is 1. The van der Waals surface area contributed by atoms with Gasteiger partial charge in [-0.3, -0.25) is 4.79 Å². The van der Waals surface area contributed by atoms with Crippen LogP contribution in [0.5, 0.6) is 5.75 Å². The molecule has 134 valence electrons. The lowest BCUT2D eigenvalue weighted by Crippen LogP contribution is -2.27. The van der Waals surface area contributed by atoms with E-state index in [0.29, 0.717) is 13.2 Å². The third-order valence-corrected chi connectivity index (χ3v) is 4.19. The summed E-state index contributed by atoms with van der Waals surface area (Å²) in [7, 11) is 1.66. The second-order valence-corrected chi connectivity index (χ2v) is 6.10. The van der Waals surface area contributed by atoms with E-state index in [2.05, 4.69) is 0 Å². The fourth-order valence-electron chi connectivity index (χ4n) is 2.76. The van der Waals surface area contributed by atoms with Gasteiger partial charge in [-0.15, -0.1) is 0 Å². The predicted molar refractivity (Wildman–Crippen MR) is 99.0 cm³/mol. The van der Waals surface area contributed by atoms with E-state index < -0.39 is 0 Å². The summed E-state index contributed by atoms with van der Waals surface area (Å²) >= 11 is 0. The number of para-hydroxylation sites is 1. The molecule has 3 rings (SSSR count). The summed E-state index contributed by atoms with van der Waals surface area (Å²) in [5, 5.41) is 9.21. The average molecular weight is 342 g/mol. The molecule has 1 aliphatic rings. The smallest absolute Gasteiger partial charge is 0.226 e. The number of hydrogen-bond donors (Lipinski definition) is 2. The number of phenolic OH excluding ortho intramolecular Hbond substituents is 1. The van der Waals surface area contributed by atoms with Gasteiger partial charge >= 0.3 is 0 Å². The van der Waals surface area contributed by atoms with Gasteiger partial charge in [0.05, 0.1) is 0 Å². The molecule has 1 fully saturated rings. The third-order valence-electron chi connectivity index (χ3n) is 4.19. The number of nitrogen functional groups attached to an aromatic ring is 1. The molecule has 0 saturated carbocycles. The van der Waals surface area contributed by atoms with Crippen molar-refractivity contribution < 1.29 is 14.6 Å². The zero-order chi connectivity index (χ0) is 18.1. The topological polar surface area (TPSA) is 75.8 Å². The van der Waals surface area contributed by atoms with Gasteiger partial charge in [0.1, 0.15) is 5.75 Å². The lowest BCUT2D eigenvalue weighted by molar-refractivity contribution is -0.131. The van der Waals surface area contributed by atoms with Crippen LogP contribution in [0, 0.1) is 5.92 Å². The summed E-state index contributed by atoms with van der Waals surface area (Å²) < 4.78 is 5.02. The lowest BCUT2D eigenvalue weighted by Gasteiger charge is -2.16. The van der Waals surface area contributed by atoms with Crippen molar-refractivity contribution in [3.05, 3.63) is 60.2 Å². The van der Waals surface area contributed by atoms with Gasteiger partial charge in [0.15, 0.2) is 0 Å². The number of rotatable bonds is 5. The number of nitrogens with zero attached hydrogens (tertiary/aromatic N) is 1. The van der Waals surface area contributed by atoms with Gasteiger partial charge < -0.3 is 20.5 Å². The number of hydrogen-bond acceptors (Lipinski definition) is 4. The van der Waals surface area contributed by atoms with Crippen LogP contribution in [0.2, 0.25) is 0 Å². The molecular weight excluding hydrogens is 316 g/mol. The summed E-state index contributed by atoms with van der Waals surface area (Å²) in [5.41, 5.74) is 7.23. The van der Waals surface area contributed by atoms with Crippen molar-refractivity contribution in [3.63, 3.8) is 0 Å². The Kier molecular flexibility index (Phi) is 7.29. The van der Waals surface area contributed by atoms with Gasteiger partial charge in [-0.05, 0) is 42.7 Å². The molecule has 1 atom stereocenters. The molecule has 3 N–H and O–H groups in total. The second kappa shape index (κ2) is 9.69. The number of aromatic hydroxyl groups is 1. The van der Waals surface area contributed by atoms with Crippen molar-refractivity contribution in [2.24, 2.45) is 5.92 Å². The van der Waals surface area contributed by atoms with Gasteiger partial charge in [-0.25, -0.2) is 0 Å². The van der Waals surface area contributed by atoms with Gasteiger partial charge in [0, 0.05) is 38.4 Å². The van der Waals surface area contributed by atoms with E-state index in [-0.39, 0.29) is 17.6 Å². The van der Waals surface area contributed by atoms with Crippen molar-refractivity contribution in [1.29, 1.82) is 0 Å². The molecule has 5 nitrogen and oxygen atoms in total. The number of ether oxygens (including phenoxy) is 1. The van der Waals surface area contributed by atoms with E-state index in [1.165, 1.54) is 0 Å². The van der Waals surface area contributed by atoms with E-state index in [1.807, 2.05) is 47.4 Å². The second-order valence-electron chi connectivity index (χ2n) is 6.10. The number of carbonyl (C=O) groups excluding carboxylic acids is 1. The SMILES string of the molecule is COCC[C@H]1CCN(Cc2ccc(O)cc2)C1=O.Nc1ccccc1. The Hall–Kier alpha value is -2.53. The van der Waals surface area contributed by atoms with Crippen molar-refractivity contribution in [2.45, 2.75) is 19.4 Å². The van der Waals surface area contributed by atoms with Crippen LogP contribution in [-0.4, -0.2) is 36.2 Å². The molecule has 1 saturated heterocycles. The maximum atomic E-state index is 12.1. The van der Waals surface area contributed by atoms with Gasteiger partial charge in [-0.1, -0.05) is 30.3 Å². The third kappa shape index (κ3) is 6.12. The molecule has 1 heterocycles. The fraction of sp³-hybridized carbons (Fsp3) is 0.350. The van der Waals surface area contributed by atoms with E-state index in [0.717, 1.165) is 30.6 Å². The number of methoxy groups -OCH3 is 1. The Morgan fingerprint density at radius 3 is 2.40 bits per heavy atom. The molecule has 25 heavy (non-hydrogen) atoms. The quantitative estimate of drug-likeness (QED) is 0.819. The summed E-state index contributed by atoms with van der Waals surface area (Å²) in [6.07, 6.45) is 1.72. The first-order chi connectivity index (χ1) is 12.1. The molecule has 0 bridgehead atoms. The Morgan fingerprint density at radius 1 is 1.16 bits per heavy atom.